The van der Waals surface area contributed by atoms with Crippen LogP contribution in [0, 0.1) is 5.92 Å². The first-order valence-electron chi connectivity index (χ1n) is 9.46. The molecule has 4 heterocycles. The van der Waals surface area contributed by atoms with Gasteiger partial charge in [0.2, 0.25) is 5.91 Å². The van der Waals surface area contributed by atoms with Gasteiger partial charge in [0.15, 0.2) is 5.65 Å². The van der Waals surface area contributed by atoms with Crippen molar-refractivity contribution >= 4 is 34.2 Å². The van der Waals surface area contributed by atoms with Gasteiger partial charge in [-0.15, -0.1) is 11.3 Å². The molecule has 0 spiro atoms. The van der Waals surface area contributed by atoms with Gasteiger partial charge in [-0.05, 0) is 44.2 Å². The van der Waals surface area contributed by atoms with Crippen LogP contribution in [0.15, 0.2) is 29.8 Å². The number of thiophene rings is 1. The molecule has 1 aliphatic heterocycles. The topological polar surface area (TPSA) is 94.1 Å². The van der Waals surface area contributed by atoms with Crippen molar-refractivity contribution in [1.82, 2.24) is 19.7 Å². The molecular weight excluding hydrogens is 374 g/mol. The molecule has 2 N–H and O–H groups in total. The van der Waals surface area contributed by atoms with Crippen LogP contribution in [0.4, 0.5) is 0 Å². The number of fused-ring (bicyclic) bond motifs is 1. The summed E-state index contributed by atoms with van der Waals surface area (Å²) in [5.41, 5.74) is 7.52. The Bertz CT molecular complexity index is 1020. The minimum absolute atomic E-state index is 0.0450. The number of nitrogens with two attached hydrogens (primary N) is 1. The normalized spacial score (nSPS) is 15.5. The van der Waals surface area contributed by atoms with Crippen molar-refractivity contribution in [2.75, 3.05) is 13.1 Å². The molecule has 28 heavy (non-hydrogen) atoms. The number of hydrogen-bond acceptors (Lipinski definition) is 5. The van der Waals surface area contributed by atoms with Crippen LogP contribution in [0.1, 0.15) is 43.1 Å². The second-order valence-corrected chi connectivity index (χ2v) is 8.37. The predicted molar refractivity (Wildman–Crippen MR) is 109 cm³/mol. The minimum atomic E-state index is -0.281. The van der Waals surface area contributed by atoms with Crippen molar-refractivity contribution in [2.45, 2.75) is 32.7 Å². The van der Waals surface area contributed by atoms with E-state index in [2.05, 4.69) is 5.10 Å². The van der Waals surface area contributed by atoms with Crippen molar-refractivity contribution in [1.29, 1.82) is 0 Å². The van der Waals surface area contributed by atoms with Crippen LogP contribution in [0.25, 0.3) is 21.6 Å². The van der Waals surface area contributed by atoms with Gasteiger partial charge in [0, 0.05) is 25.0 Å². The van der Waals surface area contributed by atoms with E-state index in [-0.39, 0.29) is 23.8 Å². The highest BCUT2D eigenvalue weighted by molar-refractivity contribution is 7.13. The largest absolute Gasteiger partial charge is 0.369 e. The first kappa shape index (κ1) is 18.6. The van der Waals surface area contributed by atoms with E-state index in [4.69, 9.17) is 10.7 Å². The summed E-state index contributed by atoms with van der Waals surface area (Å²) in [4.78, 5) is 32.4. The number of piperidine rings is 1. The smallest absolute Gasteiger partial charge is 0.254 e. The Kier molecular flexibility index (Phi) is 4.89. The fourth-order valence-electron chi connectivity index (χ4n) is 3.66. The molecule has 0 saturated carbocycles. The molecule has 0 aromatic carbocycles. The molecule has 1 fully saturated rings. The zero-order valence-corrected chi connectivity index (χ0v) is 16.8. The molecule has 1 aliphatic rings. The Morgan fingerprint density at radius 1 is 1.29 bits per heavy atom. The Labute approximate surface area is 167 Å². The van der Waals surface area contributed by atoms with Crippen molar-refractivity contribution in [3.05, 3.63) is 35.3 Å². The average Bonchev–Trinajstić information content (AvgIpc) is 3.36. The lowest BCUT2D eigenvalue weighted by molar-refractivity contribution is -0.123. The summed E-state index contributed by atoms with van der Waals surface area (Å²) in [5, 5.41) is 7.22. The van der Waals surface area contributed by atoms with Crippen molar-refractivity contribution < 1.29 is 9.59 Å². The van der Waals surface area contributed by atoms with E-state index in [0.29, 0.717) is 31.5 Å². The van der Waals surface area contributed by atoms with Gasteiger partial charge in [0.05, 0.1) is 27.7 Å². The van der Waals surface area contributed by atoms with Crippen LogP contribution in [-0.2, 0) is 4.79 Å². The van der Waals surface area contributed by atoms with Gasteiger partial charge in [0.25, 0.3) is 5.91 Å². The first-order valence-corrected chi connectivity index (χ1v) is 10.3. The fraction of sp³-hybridized carbons (Fsp3) is 0.400. The summed E-state index contributed by atoms with van der Waals surface area (Å²) in [6, 6.07) is 5.98. The number of carbonyl (C=O) groups is 2. The second-order valence-electron chi connectivity index (χ2n) is 7.42. The number of nitrogens with zero attached hydrogens (tertiary/aromatic N) is 4. The molecule has 146 valence electrons. The number of aromatic nitrogens is 3. The van der Waals surface area contributed by atoms with Crippen LogP contribution in [0.2, 0.25) is 0 Å². The average molecular weight is 398 g/mol. The lowest BCUT2D eigenvalue weighted by Gasteiger charge is -2.30. The highest BCUT2D eigenvalue weighted by Gasteiger charge is 2.28. The summed E-state index contributed by atoms with van der Waals surface area (Å²) in [6.07, 6.45) is 2.95. The van der Waals surface area contributed by atoms with Crippen LogP contribution < -0.4 is 5.73 Å². The summed E-state index contributed by atoms with van der Waals surface area (Å²) in [6.45, 7) is 5.15. The molecule has 0 bridgehead atoms. The van der Waals surface area contributed by atoms with Crippen molar-refractivity contribution in [3.8, 4) is 10.6 Å². The number of pyridine rings is 1. The molecule has 2 amide bonds. The van der Waals surface area contributed by atoms with E-state index in [9.17, 15) is 9.59 Å². The van der Waals surface area contributed by atoms with Crippen molar-refractivity contribution in [2.24, 2.45) is 11.7 Å². The molecule has 3 aromatic rings. The van der Waals surface area contributed by atoms with E-state index >= 15 is 0 Å². The van der Waals surface area contributed by atoms with Crippen LogP contribution in [-0.4, -0.2) is 44.6 Å². The number of rotatable bonds is 4. The third kappa shape index (κ3) is 3.28. The second kappa shape index (κ2) is 7.35. The Morgan fingerprint density at radius 3 is 2.64 bits per heavy atom. The zero-order valence-electron chi connectivity index (χ0n) is 16.0. The highest BCUT2D eigenvalue weighted by atomic mass is 32.1. The molecule has 0 unspecified atom stereocenters. The SMILES string of the molecule is CC(C)n1ncc2c(C(=O)N3CCC(C(N)=O)CC3)cc(-c3cccs3)nc21. The maximum atomic E-state index is 13.3. The number of carbonyl (C=O) groups excluding carboxylic acids is 2. The van der Waals surface area contributed by atoms with Gasteiger partial charge >= 0.3 is 0 Å². The fourth-order valence-corrected chi connectivity index (χ4v) is 4.35. The predicted octanol–water partition coefficient (Wildman–Crippen LogP) is 3.08. The van der Waals surface area contributed by atoms with E-state index in [1.54, 1.807) is 22.4 Å². The summed E-state index contributed by atoms with van der Waals surface area (Å²) >= 11 is 1.59. The van der Waals surface area contributed by atoms with Gasteiger partial charge in [-0.1, -0.05) is 6.07 Å². The molecular formula is C20H23N5O2S. The lowest BCUT2D eigenvalue weighted by atomic mass is 9.95. The number of amides is 2. The zero-order chi connectivity index (χ0) is 19.8. The molecule has 8 heteroatoms. The van der Waals surface area contributed by atoms with E-state index in [1.165, 1.54) is 0 Å². The molecule has 1 saturated heterocycles. The van der Waals surface area contributed by atoms with Crippen LogP contribution >= 0.6 is 11.3 Å². The van der Waals surface area contributed by atoms with Crippen LogP contribution in [0.5, 0.6) is 0 Å². The molecule has 0 atom stereocenters. The first-order chi connectivity index (χ1) is 13.5. The maximum Gasteiger partial charge on any atom is 0.254 e. The maximum absolute atomic E-state index is 13.3. The molecule has 3 aromatic heterocycles. The van der Waals surface area contributed by atoms with Gasteiger partial charge in [-0.25, -0.2) is 9.67 Å². The monoisotopic (exact) mass is 397 g/mol. The third-order valence-electron chi connectivity index (χ3n) is 5.24. The van der Waals surface area contributed by atoms with Gasteiger partial charge in [-0.2, -0.15) is 5.10 Å². The molecule has 4 rings (SSSR count). The Hall–Kier alpha value is -2.74. The number of hydrogen-bond donors (Lipinski definition) is 1. The van der Waals surface area contributed by atoms with Crippen LogP contribution in [0.3, 0.4) is 0 Å². The third-order valence-corrected chi connectivity index (χ3v) is 6.14. The van der Waals surface area contributed by atoms with E-state index in [0.717, 1.165) is 21.6 Å². The van der Waals surface area contributed by atoms with E-state index in [1.807, 2.05) is 42.1 Å². The lowest BCUT2D eigenvalue weighted by Crippen LogP contribution is -2.41. The Morgan fingerprint density at radius 2 is 2.04 bits per heavy atom. The number of primary amides is 1. The summed E-state index contributed by atoms with van der Waals surface area (Å²) in [7, 11) is 0. The highest BCUT2D eigenvalue weighted by Crippen LogP contribution is 2.30. The molecule has 0 radical (unpaired) electrons. The standard InChI is InChI=1S/C20H23N5O2S/c1-12(2)25-19-15(11-22-25)14(10-16(23-19)17-4-3-9-28-17)20(27)24-7-5-13(6-8-24)18(21)26/h3-4,9-13H,5-8H2,1-2H3,(H2,21,26). The van der Waals surface area contributed by atoms with Gasteiger partial charge in [0.1, 0.15) is 0 Å². The molecule has 0 aliphatic carbocycles. The Balaban J connectivity index is 1.75. The number of likely N-dealkylation sites (tertiary alicyclic amines) is 1. The molecule has 7 nitrogen and oxygen atoms in total. The summed E-state index contributed by atoms with van der Waals surface area (Å²) < 4.78 is 1.85. The summed E-state index contributed by atoms with van der Waals surface area (Å²) in [5.74, 6) is -0.472. The van der Waals surface area contributed by atoms with Gasteiger partial charge in [-0.3, -0.25) is 9.59 Å². The van der Waals surface area contributed by atoms with E-state index < -0.39 is 0 Å². The van der Waals surface area contributed by atoms with Crippen molar-refractivity contribution in [3.63, 3.8) is 0 Å². The van der Waals surface area contributed by atoms with Gasteiger partial charge < -0.3 is 10.6 Å². The minimum Gasteiger partial charge on any atom is -0.369 e. The quantitative estimate of drug-likeness (QED) is 0.732.